The maximum Gasteiger partial charge on any atom is 0.258 e. The van der Waals surface area contributed by atoms with Crippen molar-refractivity contribution in [3.8, 4) is 0 Å². The van der Waals surface area contributed by atoms with E-state index in [0.717, 1.165) is 53.1 Å². The Hall–Kier alpha value is -2.78. The number of anilines is 1. The van der Waals surface area contributed by atoms with Gasteiger partial charge in [-0.1, -0.05) is 18.2 Å². The molecule has 1 unspecified atom stereocenters. The van der Waals surface area contributed by atoms with Gasteiger partial charge in [0.2, 0.25) is 5.91 Å². The first-order valence-corrected chi connectivity index (χ1v) is 11.3. The van der Waals surface area contributed by atoms with Crippen molar-refractivity contribution in [3.63, 3.8) is 0 Å². The second-order valence-corrected chi connectivity index (χ2v) is 8.55. The molecule has 0 saturated carbocycles. The average Bonchev–Trinajstić information content (AvgIpc) is 3.52. The minimum Gasteiger partial charge on any atom is -0.376 e. The van der Waals surface area contributed by atoms with E-state index in [1.54, 1.807) is 22.6 Å². The third-order valence-electron chi connectivity index (χ3n) is 5.53. The SMILES string of the molecule is O=C(Cn1nc2c(c1NC(=O)c1c[nH]c3ccccc13)CSC2)NCC1CCCO1. The monoisotopic (exact) mass is 425 g/mol. The number of amides is 2. The summed E-state index contributed by atoms with van der Waals surface area (Å²) in [5.74, 6) is 1.82. The highest BCUT2D eigenvalue weighted by Gasteiger charge is 2.26. The standard InChI is InChI=1S/C21H23N5O3S/c27-19(23-8-13-4-3-7-29-13)10-26-20(16-11-30-12-18(16)25-26)24-21(28)15-9-22-17-6-2-1-5-14(15)17/h1-2,5-6,9,13,22H,3-4,7-8,10-12H2,(H,23,27)(H,24,28). The molecule has 1 saturated heterocycles. The summed E-state index contributed by atoms with van der Waals surface area (Å²) >= 11 is 1.76. The molecule has 2 amide bonds. The first kappa shape index (κ1) is 19.2. The minimum atomic E-state index is -0.215. The Balaban J connectivity index is 1.34. The number of aromatic nitrogens is 3. The molecule has 5 rings (SSSR count). The molecule has 8 nitrogen and oxygen atoms in total. The molecule has 30 heavy (non-hydrogen) atoms. The van der Waals surface area contributed by atoms with Gasteiger partial charge in [0.05, 0.1) is 17.4 Å². The zero-order valence-corrected chi connectivity index (χ0v) is 17.3. The first-order chi connectivity index (χ1) is 14.7. The summed E-state index contributed by atoms with van der Waals surface area (Å²) in [6, 6.07) is 7.68. The number of nitrogens with zero attached hydrogens (tertiary/aromatic N) is 2. The van der Waals surface area contributed by atoms with Crippen molar-refractivity contribution in [2.24, 2.45) is 0 Å². The molecule has 2 aromatic heterocycles. The Morgan fingerprint density at radius 1 is 1.30 bits per heavy atom. The van der Waals surface area contributed by atoms with Crippen molar-refractivity contribution in [2.45, 2.75) is 37.0 Å². The van der Waals surface area contributed by atoms with Crippen molar-refractivity contribution >= 4 is 40.3 Å². The fraction of sp³-hybridized carbons (Fsp3) is 0.381. The van der Waals surface area contributed by atoms with Crippen LogP contribution in [-0.2, 0) is 27.6 Å². The van der Waals surface area contributed by atoms with Crippen molar-refractivity contribution in [1.29, 1.82) is 0 Å². The van der Waals surface area contributed by atoms with E-state index in [4.69, 9.17) is 4.74 Å². The number of benzene rings is 1. The summed E-state index contributed by atoms with van der Waals surface area (Å²) in [6.45, 7) is 1.33. The van der Waals surface area contributed by atoms with E-state index < -0.39 is 0 Å². The largest absolute Gasteiger partial charge is 0.376 e. The molecule has 4 heterocycles. The van der Waals surface area contributed by atoms with Gasteiger partial charge in [0.25, 0.3) is 5.91 Å². The third kappa shape index (κ3) is 3.70. The number of hydrogen-bond donors (Lipinski definition) is 3. The molecule has 1 atom stereocenters. The molecule has 2 aliphatic rings. The normalized spacial score (nSPS) is 17.9. The number of fused-ring (bicyclic) bond motifs is 2. The van der Waals surface area contributed by atoms with Crippen LogP contribution < -0.4 is 10.6 Å². The molecule has 9 heteroatoms. The van der Waals surface area contributed by atoms with Crippen LogP contribution in [0.5, 0.6) is 0 Å². The van der Waals surface area contributed by atoms with Crippen LogP contribution >= 0.6 is 11.8 Å². The number of thioether (sulfide) groups is 1. The highest BCUT2D eigenvalue weighted by atomic mass is 32.2. The van der Waals surface area contributed by atoms with Crippen LogP contribution in [0.25, 0.3) is 10.9 Å². The fourth-order valence-electron chi connectivity index (χ4n) is 3.98. The van der Waals surface area contributed by atoms with E-state index in [9.17, 15) is 9.59 Å². The summed E-state index contributed by atoms with van der Waals surface area (Å²) in [5, 5.41) is 11.4. The minimum absolute atomic E-state index is 0.0634. The Morgan fingerprint density at radius 2 is 2.20 bits per heavy atom. The Bertz CT molecular complexity index is 1100. The van der Waals surface area contributed by atoms with E-state index in [0.29, 0.717) is 17.9 Å². The number of rotatable bonds is 6. The molecule has 3 N–H and O–H groups in total. The number of carbonyl (C=O) groups excluding carboxylic acids is 2. The number of nitrogens with one attached hydrogen (secondary N) is 3. The molecule has 0 bridgehead atoms. The van der Waals surface area contributed by atoms with Gasteiger partial charge in [-0.3, -0.25) is 9.59 Å². The lowest BCUT2D eigenvalue weighted by Gasteiger charge is -2.13. The second-order valence-electron chi connectivity index (χ2n) is 7.57. The first-order valence-electron chi connectivity index (χ1n) is 10.1. The van der Waals surface area contributed by atoms with Gasteiger partial charge in [-0.05, 0) is 18.9 Å². The van der Waals surface area contributed by atoms with E-state index >= 15 is 0 Å². The van der Waals surface area contributed by atoms with E-state index in [2.05, 4.69) is 20.7 Å². The quantitative estimate of drug-likeness (QED) is 0.564. The van der Waals surface area contributed by atoms with E-state index in [1.807, 2.05) is 24.3 Å². The van der Waals surface area contributed by atoms with Gasteiger partial charge in [0, 0.05) is 47.3 Å². The summed E-state index contributed by atoms with van der Waals surface area (Å²) < 4.78 is 7.17. The second kappa shape index (κ2) is 8.16. The topological polar surface area (TPSA) is 101 Å². The molecule has 2 aliphatic heterocycles. The Labute approximate surface area is 177 Å². The molecular weight excluding hydrogens is 402 g/mol. The molecule has 0 aliphatic carbocycles. The van der Waals surface area contributed by atoms with Crippen LogP contribution in [0.4, 0.5) is 5.82 Å². The maximum absolute atomic E-state index is 13.0. The van der Waals surface area contributed by atoms with Crippen molar-refractivity contribution in [3.05, 3.63) is 47.3 Å². The summed E-state index contributed by atoms with van der Waals surface area (Å²) in [4.78, 5) is 28.6. The Kier molecular flexibility index (Phi) is 5.22. The molecule has 156 valence electrons. The number of para-hydroxylation sites is 1. The zero-order valence-electron chi connectivity index (χ0n) is 16.4. The fourth-order valence-corrected chi connectivity index (χ4v) is 5.01. The van der Waals surface area contributed by atoms with Gasteiger partial charge in [0.1, 0.15) is 12.4 Å². The lowest BCUT2D eigenvalue weighted by molar-refractivity contribution is -0.122. The zero-order chi connectivity index (χ0) is 20.5. The number of hydrogen-bond acceptors (Lipinski definition) is 5. The average molecular weight is 426 g/mol. The maximum atomic E-state index is 13.0. The van der Waals surface area contributed by atoms with Crippen LogP contribution in [0.2, 0.25) is 0 Å². The number of carbonyl (C=O) groups is 2. The van der Waals surface area contributed by atoms with Crippen LogP contribution in [0.3, 0.4) is 0 Å². The van der Waals surface area contributed by atoms with E-state index in [1.165, 1.54) is 0 Å². The summed E-state index contributed by atoms with van der Waals surface area (Å²) in [7, 11) is 0. The van der Waals surface area contributed by atoms with Gasteiger partial charge in [-0.2, -0.15) is 16.9 Å². The summed E-state index contributed by atoms with van der Waals surface area (Å²) in [5.41, 5.74) is 3.41. The number of ether oxygens (including phenoxy) is 1. The Morgan fingerprint density at radius 3 is 3.07 bits per heavy atom. The van der Waals surface area contributed by atoms with Crippen LogP contribution in [0.15, 0.2) is 30.5 Å². The van der Waals surface area contributed by atoms with Crippen molar-refractivity contribution in [1.82, 2.24) is 20.1 Å². The lowest BCUT2D eigenvalue weighted by Crippen LogP contribution is -2.34. The van der Waals surface area contributed by atoms with Crippen molar-refractivity contribution < 1.29 is 14.3 Å². The van der Waals surface area contributed by atoms with Crippen molar-refractivity contribution in [2.75, 3.05) is 18.5 Å². The van der Waals surface area contributed by atoms with Gasteiger partial charge in [-0.15, -0.1) is 0 Å². The van der Waals surface area contributed by atoms with Crippen LogP contribution in [-0.4, -0.2) is 45.8 Å². The molecule has 3 aromatic rings. The summed E-state index contributed by atoms with van der Waals surface area (Å²) in [6.07, 6.45) is 3.81. The van der Waals surface area contributed by atoms with Crippen LogP contribution in [0.1, 0.15) is 34.5 Å². The highest BCUT2D eigenvalue weighted by Crippen LogP contribution is 2.35. The van der Waals surface area contributed by atoms with Crippen LogP contribution in [0, 0.1) is 0 Å². The molecule has 0 spiro atoms. The third-order valence-corrected chi connectivity index (χ3v) is 6.50. The molecule has 1 fully saturated rings. The van der Waals surface area contributed by atoms with E-state index in [-0.39, 0.29) is 24.5 Å². The molecule has 1 aromatic carbocycles. The number of H-pyrrole nitrogens is 1. The molecular formula is C21H23N5O3S. The predicted molar refractivity (Wildman–Crippen MR) is 115 cm³/mol. The smallest absolute Gasteiger partial charge is 0.258 e. The van der Waals surface area contributed by atoms with Gasteiger partial charge in [0.15, 0.2) is 0 Å². The molecule has 0 radical (unpaired) electrons. The highest BCUT2D eigenvalue weighted by molar-refractivity contribution is 7.98. The van der Waals surface area contributed by atoms with Gasteiger partial charge >= 0.3 is 0 Å². The number of aromatic amines is 1. The van der Waals surface area contributed by atoms with Gasteiger partial charge in [-0.25, -0.2) is 4.68 Å². The predicted octanol–water partition coefficient (Wildman–Crippen LogP) is 2.66. The van der Waals surface area contributed by atoms with Gasteiger partial charge < -0.3 is 20.4 Å². The lowest BCUT2D eigenvalue weighted by atomic mass is 10.1.